The van der Waals surface area contributed by atoms with E-state index in [1.165, 1.54) is 5.56 Å². The summed E-state index contributed by atoms with van der Waals surface area (Å²) in [6, 6.07) is 10.3. The quantitative estimate of drug-likeness (QED) is 0.545. The lowest BCUT2D eigenvalue weighted by atomic mass is 9.90. The van der Waals surface area contributed by atoms with Crippen LogP contribution in [0, 0.1) is 5.92 Å². The molecule has 0 saturated heterocycles. The molecule has 0 N–H and O–H groups in total. The van der Waals surface area contributed by atoms with Crippen molar-refractivity contribution in [1.29, 1.82) is 0 Å². The van der Waals surface area contributed by atoms with Gasteiger partial charge < -0.3 is 0 Å². The van der Waals surface area contributed by atoms with E-state index in [9.17, 15) is 4.39 Å². The van der Waals surface area contributed by atoms with Crippen molar-refractivity contribution in [2.45, 2.75) is 52.1 Å². The molecule has 0 radical (unpaired) electrons. The molecule has 0 aromatic heterocycles. The minimum atomic E-state index is -0.728. The van der Waals surface area contributed by atoms with Gasteiger partial charge in [0.25, 0.3) is 0 Å². The Morgan fingerprint density at radius 1 is 1.28 bits per heavy atom. The molecular weight excluding hydrogens is 223 g/mol. The van der Waals surface area contributed by atoms with Crippen LogP contribution in [0.5, 0.6) is 0 Å². The minimum Gasteiger partial charge on any atom is -0.247 e. The van der Waals surface area contributed by atoms with E-state index in [4.69, 9.17) is 0 Å². The van der Waals surface area contributed by atoms with E-state index in [2.05, 4.69) is 25.6 Å². The molecule has 2 atom stereocenters. The normalized spacial score (nSPS) is 14.2. The maximum Gasteiger partial charge on any atom is 0.106 e. The average Bonchev–Trinajstić information content (AvgIpc) is 2.42. The summed E-state index contributed by atoms with van der Waals surface area (Å²) in [7, 11) is 0. The summed E-state index contributed by atoms with van der Waals surface area (Å²) in [5.41, 5.74) is 2.34. The average molecular weight is 248 g/mol. The maximum atomic E-state index is 13.9. The van der Waals surface area contributed by atoms with Crippen LogP contribution in [0.4, 0.5) is 4.39 Å². The molecule has 1 heteroatoms. The van der Waals surface area contributed by atoms with Crippen LogP contribution in [-0.2, 0) is 6.42 Å². The summed E-state index contributed by atoms with van der Waals surface area (Å²) in [5.74, 6) is -0.0136. The van der Waals surface area contributed by atoms with Crippen molar-refractivity contribution in [1.82, 2.24) is 0 Å². The Balaban J connectivity index is 2.36. The van der Waals surface area contributed by atoms with Gasteiger partial charge in [-0.1, -0.05) is 69.2 Å². The van der Waals surface area contributed by atoms with Gasteiger partial charge in [0.1, 0.15) is 6.17 Å². The molecule has 1 rings (SSSR count). The second kappa shape index (κ2) is 8.07. The van der Waals surface area contributed by atoms with Crippen molar-refractivity contribution in [2.24, 2.45) is 5.92 Å². The fourth-order valence-electron chi connectivity index (χ4n) is 2.08. The largest absolute Gasteiger partial charge is 0.247 e. The van der Waals surface area contributed by atoms with Crippen LogP contribution in [0.1, 0.15) is 45.1 Å². The molecule has 0 bridgehead atoms. The Kier molecular flexibility index (Phi) is 6.70. The van der Waals surface area contributed by atoms with Crippen molar-refractivity contribution in [3.8, 4) is 0 Å². The number of unbranched alkanes of at least 4 members (excludes halogenated alkanes) is 1. The van der Waals surface area contributed by atoms with E-state index in [0.717, 1.165) is 31.3 Å². The predicted molar refractivity (Wildman–Crippen MR) is 77.5 cm³/mol. The number of benzene rings is 1. The summed E-state index contributed by atoms with van der Waals surface area (Å²) in [5, 5.41) is 0. The minimum absolute atomic E-state index is 0.0136. The van der Waals surface area contributed by atoms with Crippen LogP contribution in [-0.4, -0.2) is 6.17 Å². The van der Waals surface area contributed by atoms with Crippen molar-refractivity contribution in [2.75, 3.05) is 0 Å². The third-order valence-electron chi connectivity index (χ3n) is 3.60. The first-order chi connectivity index (χ1) is 8.65. The molecule has 1 aromatic rings. The summed E-state index contributed by atoms with van der Waals surface area (Å²) in [6.07, 6.45) is 3.82. The second-order valence-electron chi connectivity index (χ2n) is 5.09. The highest BCUT2D eigenvalue weighted by molar-refractivity contribution is 5.16. The lowest BCUT2D eigenvalue weighted by Crippen LogP contribution is -2.15. The number of allylic oxidation sites excluding steroid dienone is 1. The maximum absolute atomic E-state index is 13.9. The summed E-state index contributed by atoms with van der Waals surface area (Å²) >= 11 is 0. The zero-order chi connectivity index (χ0) is 13.4. The van der Waals surface area contributed by atoms with Gasteiger partial charge in [0.05, 0.1) is 0 Å². The summed E-state index contributed by atoms with van der Waals surface area (Å²) in [6.45, 7) is 8.12. The molecule has 0 saturated carbocycles. The number of hydrogen-bond donors (Lipinski definition) is 0. The molecular formula is C17H25F. The van der Waals surface area contributed by atoms with Gasteiger partial charge in [-0.25, -0.2) is 4.39 Å². The van der Waals surface area contributed by atoms with E-state index in [1.54, 1.807) is 0 Å². The topological polar surface area (TPSA) is 0 Å². The van der Waals surface area contributed by atoms with E-state index in [0.29, 0.717) is 6.42 Å². The molecule has 0 nitrogen and oxygen atoms in total. The molecule has 18 heavy (non-hydrogen) atoms. The first-order valence-electron chi connectivity index (χ1n) is 7.00. The van der Waals surface area contributed by atoms with E-state index in [-0.39, 0.29) is 5.92 Å². The highest BCUT2D eigenvalue weighted by Crippen LogP contribution is 2.24. The fraction of sp³-hybridized carbons (Fsp3) is 0.529. The second-order valence-corrected chi connectivity index (χ2v) is 5.09. The van der Waals surface area contributed by atoms with Crippen molar-refractivity contribution < 1.29 is 4.39 Å². The van der Waals surface area contributed by atoms with Gasteiger partial charge >= 0.3 is 0 Å². The standard InChI is InChI=1S/C17H25F/c1-4-5-11-17(18)15(3)14(2)12-13-16-9-7-6-8-10-16/h6-10,15,17H,2,4-5,11-13H2,1,3H3. The Morgan fingerprint density at radius 2 is 1.94 bits per heavy atom. The molecule has 0 spiro atoms. The predicted octanol–water partition coefficient (Wildman–Crippen LogP) is 5.34. The summed E-state index contributed by atoms with van der Waals surface area (Å²) in [4.78, 5) is 0. The van der Waals surface area contributed by atoms with Crippen molar-refractivity contribution in [3.63, 3.8) is 0 Å². The van der Waals surface area contributed by atoms with Gasteiger partial charge in [0, 0.05) is 5.92 Å². The van der Waals surface area contributed by atoms with E-state index >= 15 is 0 Å². The molecule has 0 fully saturated rings. The highest BCUT2D eigenvalue weighted by atomic mass is 19.1. The van der Waals surface area contributed by atoms with Crippen LogP contribution >= 0.6 is 0 Å². The van der Waals surface area contributed by atoms with Gasteiger partial charge in [-0.3, -0.25) is 0 Å². The third kappa shape index (κ3) is 5.03. The molecule has 2 unspecified atom stereocenters. The van der Waals surface area contributed by atoms with Crippen LogP contribution < -0.4 is 0 Å². The molecule has 1 aromatic carbocycles. The Bertz CT molecular complexity index is 342. The van der Waals surface area contributed by atoms with Gasteiger partial charge in [-0.15, -0.1) is 0 Å². The highest BCUT2D eigenvalue weighted by Gasteiger charge is 2.18. The molecule has 0 aliphatic heterocycles. The lowest BCUT2D eigenvalue weighted by molar-refractivity contribution is 0.243. The Labute approximate surface area is 111 Å². The smallest absolute Gasteiger partial charge is 0.106 e. The SMILES string of the molecule is C=C(CCc1ccccc1)C(C)C(F)CCCC. The molecule has 0 aliphatic carbocycles. The first-order valence-corrected chi connectivity index (χ1v) is 7.00. The molecule has 0 aliphatic rings. The number of hydrogen-bond acceptors (Lipinski definition) is 0. The van der Waals surface area contributed by atoms with Crippen LogP contribution in [0.3, 0.4) is 0 Å². The summed E-state index contributed by atoms with van der Waals surface area (Å²) < 4.78 is 13.9. The van der Waals surface area contributed by atoms with Crippen molar-refractivity contribution in [3.05, 3.63) is 48.0 Å². The number of rotatable bonds is 8. The number of halogens is 1. The van der Waals surface area contributed by atoms with Gasteiger partial charge in [0.15, 0.2) is 0 Å². The van der Waals surface area contributed by atoms with E-state index < -0.39 is 6.17 Å². The molecule has 0 amide bonds. The number of alkyl halides is 1. The first kappa shape index (κ1) is 14.9. The van der Waals surface area contributed by atoms with Gasteiger partial charge in [0.2, 0.25) is 0 Å². The van der Waals surface area contributed by atoms with Gasteiger partial charge in [-0.2, -0.15) is 0 Å². The van der Waals surface area contributed by atoms with Crippen LogP contribution in [0.2, 0.25) is 0 Å². The zero-order valence-corrected chi connectivity index (χ0v) is 11.7. The van der Waals surface area contributed by atoms with Crippen LogP contribution in [0.15, 0.2) is 42.5 Å². The monoisotopic (exact) mass is 248 g/mol. The lowest BCUT2D eigenvalue weighted by Gasteiger charge is -2.19. The van der Waals surface area contributed by atoms with Gasteiger partial charge in [-0.05, 0) is 24.8 Å². The third-order valence-corrected chi connectivity index (χ3v) is 3.60. The Hall–Kier alpha value is -1.11. The van der Waals surface area contributed by atoms with E-state index in [1.807, 2.05) is 25.1 Å². The molecule has 0 heterocycles. The van der Waals surface area contributed by atoms with Crippen LogP contribution in [0.25, 0.3) is 0 Å². The Morgan fingerprint density at radius 3 is 2.56 bits per heavy atom. The fourth-order valence-corrected chi connectivity index (χ4v) is 2.08. The number of aryl methyl sites for hydroxylation is 1. The molecule has 100 valence electrons. The zero-order valence-electron chi connectivity index (χ0n) is 11.7. The van der Waals surface area contributed by atoms with Crippen molar-refractivity contribution >= 4 is 0 Å².